The molecule has 129 heavy (non-hydrogen) atoms. The molecule has 0 saturated carbocycles. The standard InChI is InChI=1S/C19H25B.C19H25OP.C13H13B.C13H13OP.2C13H10O.C13H10S.C9H12.C7H7F/c1-12-8-14(3)18(15(4)9-12)20(7)19-16(5)10-13(2)11-17(19)6;1-12-8-14(3)18(15(4)9-12)21(7,20)19-16(5)10-13(2)11-17(19)6;1-14(12-8-4-2-5-9-12)13-10-6-3-7-11-13;1-15(14,12-8-4-2-5-9-12)13-10-6-3-7-11-13;1-9-5-4-7-11-10-6-2-3-8-12(10)14-13(9)11;1-9-6-7-11-10-4-2-3-5-12(10)14-13(11)8-9;1-9-5-4-7-11-10-6-2-3-8-12(10)14-13(9)11;1-7-4-8(2)6-9(3)5-7;1-6-4-2-3-5-7(6)8/h8-11H,1-7H3;8-11H,1-7H3;2-11H,1H3;2-11H,1H3;3*2-8H,1H3;4-6H,1-3H3;2-5H,1H3. The van der Waals surface area contributed by atoms with Gasteiger partial charge in [0.2, 0.25) is 13.4 Å². The summed E-state index contributed by atoms with van der Waals surface area (Å²) in [5.41, 5.74) is 33.6. The van der Waals surface area contributed by atoms with E-state index in [1.54, 1.807) is 19.1 Å². The van der Waals surface area contributed by atoms with Crippen LogP contribution in [0.2, 0.25) is 13.6 Å². The van der Waals surface area contributed by atoms with Crippen molar-refractivity contribution in [3.63, 3.8) is 0 Å². The van der Waals surface area contributed by atoms with Gasteiger partial charge in [-0.25, -0.2) is 4.39 Å². The molecule has 654 valence electrons. The topological polar surface area (TPSA) is 60.4 Å². The monoisotopic (exact) mass is 1750 g/mol. The summed E-state index contributed by atoms with van der Waals surface area (Å²) < 4.78 is 53.0. The van der Waals surface area contributed by atoms with Gasteiger partial charge in [-0.05, 0) is 220 Å². The normalized spacial score (nSPS) is 10.9. The van der Waals surface area contributed by atoms with Crippen molar-refractivity contribution < 1.29 is 22.4 Å². The van der Waals surface area contributed by atoms with Gasteiger partial charge in [-0.3, -0.25) is 0 Å². The van der Waals surface area contributed by atoms with Gasteiger partial charge in [0.1, 0.15) is 42.4 Å². The summed E-state index contributed by atoms with van der Waals surface area (Å²) in [5, 5.41) is 11.5. The highest BCUT2D eigenvalue weighted by atomic mass is 32.1. The molecule has 0 bridgehead atoms. The zero-order valence-electron chi connectivity index (χ0n) is 79.8. The lowest BCUT2D eigenvalue weighted by molar-refractivity contribution is 0.589. The average Bonchev–Trinajstić information content (AvgIpc) is 1.65. The number of furan rings is 2. The highest BCUT2D eigenvalue weighted by Gasteiger charge is 2.29. The van der Waals surface area contributed by atoms with Crippen LogP contribution in [0.4, 0.5) is 4.39 Å². The SMILES string of the molecule is CB(c1c(C)cc(C)cc1C)c1c(C)cc(C)cc1C.CB(c1ccccc1)c1ccccc1.CP(=O)(c1ccccc1)c1ccccc1.Cc1cc(C)c(P(C)(=O)c2c(C)cc(C)cc2C)c(C)c1.Cc1cc(C)cc(C)c1.Cc1ccc2c(c1)oc1ccccc12.Cc1cccc2c1oc1ccccc12.Cc1cccc2c1sc1ccccc12.Cc1ccccc1F. The Bertz CT molecular complexity index is 6650. The van der Waals surface area contributed by atoms with E-state index in [0.717, 1.165) is 65.8 Å². The Kier molecular flexibility index (Phi) is 33.8. The third-order valence-corrected chi connectivity index (χ3v) is 30.7. The van der Waals surface area contributed by atoms with Gasteiger partial charge in [-0.15, -0.1) is 11.3 Å². The summed E-state index contributed by atoms with van der Waals surface area (Å²) in [7, 11) is -4.98. The first kappa shape index (κ1) is 97.5. The number of rotatable bonds is 8. The Morgan fingerprint density at radius 2 is 0.589 bits per heavy atom. The van der Waals surface area contributed by atoms with Gasteiger partial charge in [0.25, 0.3) is 0 Å². The largest absolute Gasteiger partial charge is 0.456 e. The van der Waals surface area contributed by atoms with Gasteiger partial charge in [0, 0.05) is 62.9 Å². The van der Waals surface area contributed by atoms with E-state index >= 15 is 0 Å². The molecule has 4 nitrogen and oxygen atoms in total. The van der Waals surface area contributed by atoms with Crippen LogP contribution in [-0.4, -0.2) is 26.8 Å². The van der Waals surface area contributed by atoms with Gasteiger partial charge in [0.15, 0.2) is 0 Å². The maximum atomic E-state index is 13.7. The van der Waals surface area contributed by atoms with E-state index in [9.17, 15) is 13.5 Å². The van der Waals surface area contributed by atoms with E-state index in [2.05, 4.69) is 357 Å². The van der Waals surface area contributed by atoms with Crippen molar-refractivity contribution in [1.29, 1.82) is 0 Å². The fourth-order valence-electron chi connectivity index (χ4n) is 18.3. The number of halogens is 1. The van der Waals surface area contributed by atoms with Gasteiger partial charge >= 0.3 is 0 Å². The first-order valence-corrected chi connectivity index (χ1v) is 49.8. The zero-order valence-corrected chi connectivity index (χ0v) is 82.4. The lowest BCUT2D eigenvalue weighted by atomic mass is 9.39. The minimum absolute atomic E-state index is 0.132. The number of benzene rings is 16. The van der Waals surface area contributed by atoms with E-state index in [4.69, 9.17) is 8.83 Å². The van der Waals surface area contributed by atoms with Crippen LogP contribution in [-0.2, 0) is 9.13 Å². The number of thiophene rings is 1. The summed E-state index contributed by atoms with van der Waals surface area (Å²) >= 11 is 1.89. The van der Waals surface area contributed by atoms with Crippen LogP contribution in [0.25, 0.3) is 64.0 Å². The molecule has 0 unspecified atom stereocenters. The van der Waals surface area contributed by atoms with E-state index in [0.29, 0.717) is 19.0 Å². The van der Waals surface area contributed by atoms with Crippen molar-refractivity contribution in [2.45, 2.75) is 145 Å². The number of aryl methyl sites for hydroxylation is 19. The molecule has 19 rings (SSSR count). The van der Waals surface area contributed by atoms with Crippen molar-refractivity contribution in [1.82, 2.24) is 0 Å². The molecule has 0 fully saturated rings. The predicted octanol–water partition coefficient (Wildman–Crippen LogP) is 29.7. The maximum Gasteiger partial charge on any atom is 0.207 e. The molecule has 0 saturated heterocycles. The van der Waals surface area contributed by atoms with Crippen molar-refractivity contribution in [3.05, 3.63) is 451 Å². The van der Waals surface area contributed by atoms with Crippen LogP contribution < -0.4 is 43.1 Å². The molecule has 19 aromatic rings. The second-order valence-electron chi connectivity index (χ2n) is 35.0. The van der Waals surface area contributed by atoms with E-state index in [1.807, 2.05) is 128 Å². The minimum Gasteiger partial charge on any atom is -0.456 e. The Hall–Kier alpha value is -12.1. The summed E-state index contributed by atoms with van der Waals surface area (Å²) in [5.74, 6) is -0.132. The lowest BCUT2D eigenvalue weighted by Crippen LogP contribution is -2.45. The van der Waals surface area contributed by atoms with Crippen LogP contribution in [0, 0.1) is 137 Å². The predicted molar refractivity (Wildman–Crippen MR) is 569 cm³/mol. The molecule has 0 aliphatic carbocycles. The molecule has 0 N–H and O–H groups in total. The Morgan fingerprint density at radius 3 is 1.02 bits per heavy atom. The molecule has 0 radical (unpaired) electrons. The Balaban J connectivity index is 0.000000142. The average molecular weight is 1750 g/mol. The molecule has 10 heteroatoms. The number of hydrogen-bond donors (Lipinski definition) is 0. The molecule has 3 heterocycles. The third kappa shape index (κ3) is 25.1. The summed E-state index contributed by atoms with van der Waals surface area (Å²) in [6.45, 7) is 49.5. The second-order valence-corrected chi connectivity index (χ2v) is 41.7. The fourth-order valence-corrected chi connectivity index (χ4v) is 24.4. The molecule has 0 amide bonds. The van der Waals surface area contributed by atoms with Crippen molar-refractivity contribution in [3.8, 4) is 0 Å². The summed E-state index contributed by atoms with van der Waals surface area (Å²) in [4.78, 5) is 0. The smallest absolute Gasteiger partial charge is 0.207 e. The fraction of sp³-hybridized carbons (Fsp3) is 0.193. The molecular weight excluding hydrogens is 1630 g/mol. The van der Waals surface area contributed by atoms with E-state index in [-0.39, 0.29) is 5.82 Å². The maximum absolute atomic E-state index is 13.7. The second kappa shape index (κ2) is 44.7. The molecule has 0 spiro atoms. The van der Waals surface area contributed by atoms with Crippen molar-refractivity contribution >= 4 is 146 Å². The number of para-hydroxylation sites is 3. The molecule has 3 aromatic heterocycles. The van der Waals surface area contributed by atoms with E-state index in [1.165, 1.54) is 148 Å². The summed E-state index contributed by atoms with van der Waals surface area (Å²) in [6, 6.07) is 115. The van der Waals surface area contributed by atoms with Crippen molar-refractivity contribution in [2.24, 2.45) is 0 Å². The lowest BCUT2D eigenvalue weighted by Gasteiger charge is -2.23. The van der Waals surface area contributed by atoms with Crippen LogP contribution in [0.5, 0.6) is 0 Å². The molecule has 16 aromatic carbocycles. The first-order valence-electron chi connectivity index (χ1n) is 44.7. The van der Waals surface area contributed by atoms with Crippen LogP contribution >= 0.6 is 25.6 Å². The third-order valence-electron chi connectivity index (χ3n) is 23.7. The minimum atomic E-state index is -2.59. The van der Waals surface area contributed by atoms with Crippen LogP contribution in [0.1, 0.15) is 106 Å². The summed E-state index contributed by atoms with van der Waals surface area (Å²) in [6.07, 6.45) is 0. The molecule has 0 atom stereocenters. The van der Waals surface area contributed by atoms with Gasteiger partial charge < -0.3 is 18.0 Å². The molecular formula is C119H125B2FO4P2S. The number of hydrogen-bond acceptors (Lipinski definition) is 5. The van der Waals surface area contributed by atoms with Crippen molar-refractivity contribution in [2.75, 3.05) is 13.3 Å². The highest BCUT2D eigenvalue weighted by molar-refractivity contribution is 7.78. The van der Waals surface area contributed by atoms with Gasteiger partial charge in [-0.1, -0.05) is 406 Å². The molecule has 0 aliphatic rings. The van der Waals surface area contributed by atoms with E-state index < -0.39 is 14.3 Å². The Labute approximate surface area is 772 Å². The van der Waals surface area contributed by atoms with Gasteiger partial charge in [0.05, 0.1) is 0 Å². The zero-order chi connectivity index (χ0) is 93.0. The molecule has 0 aliphatic heterocycles. The highest BCUT2D eigenvalue weighted by Crippen LogP contribution is 2.44. The Morgan fingerprint density at radius 1 is 0.256 bits per heavy atom. The van der Waals surface area contributed by atoms with Crippen LogP contribution in [0.3, 0.4) is 0 Å². The number of fused-ring (bicyclic) bond motifs is 9. The van der Waals surface area contributed by atoms with Gasteiger partial charge in [-0.2, -0.15) is 0 Å². The quantitative estimate of drug-likeness (QED) is 0.112. The first-order chi connectivity index (χ1) is 61.6. The van der Waals surface area contributed by atoms with Crippen LogP contribution in [0.15, 0.2) is 349 Å².